The third-order valence-corrected chi connectivity index (χ3v) is 6.18. The number of halogens is 27. The van der Waals surface area contributed by atoms with Crippen molar-refractivity contribution in [2.75, 3.05) is 0 Å². The first-order valence-corrected chi connectivity index (χ1v) is 10.3. The van der Waals surface area contributed by atoms with Gasteiger partial charge in [-0.05, 0) is 6.92 Å². The van der Waals surface area contributed by atoms with Crippen molar-refractivity contribution in [2.24, 2.45) is 0 Å². The van der Waals surface area contributed by atoms with Gasteiger partial charge in [0.25, 0.3) is 0 Å². The molecule has 0 unspecified atom stereocenters. The normalized spacial score (nSPS) is 24.3. The highest BCUT2D eigenvalue weighted by atomic mass is 19.4. The van der Waals surface area contributed by atoms with Crippen molar-refractivity contribution >= 4 is 5.97 Å². The average Bonchev–Trinajstić information content (AvgIpc) is 2.86. The number of rotatable bonds is 9. The first-order valence-electron chi connectivity index (χ1n) is 10.3. The summed E-state index contributed by atoms with van der Waals surface area (Å²) in [6, 6.07) is 0. The fraction of sp³-hybridized carbons (Fsp3) is 0.833. The SMILES string of the molecule is C=C(C)C(=O)OC(F)(F)C(F)(F)C(F)(F)C(F)(F)C(F)(F)C(F)(F)C(F)(F)C1(F)C(F)(F)C(F)(F)C(F)(F)C(F)(F)C(F)(F)C1(F)F. The molecular weight excluding hydrogens is 761 g/mol. The third kappa shape index (κ3) is 4.22. The van der Waals surface area contributed by atoms with E-state index in [2.05, 4.69) is 11.3 Å². The molecule has 0 aromatic carbocycles. The highest BCUT2D eigenvalue weighted by Crippen LogP contribution is 2.75. The molecule has 0 radical (unpaired) electrons. The van der Waals surface area contributed by atoms with E-state index in [0.29, 0.717) is 0 Å². The van der Waals surface area contributed by atoms with Gasteiger partial charge in [0.1, 0.15) is 0 Å². The van der Waals surface area contributed by atoms with Gasteiger partial charge in [-0.3, -0.25) is 0 Å². The number of ether oxygens (including phenoxy) is 1. The zero-order chi connectivity index (χ0) is 38.9. The predicted octanol–water partition coefficient (Wildman–Crippen LogP) is 9.04. The van der Waals surface area contributed by atoms with Crippen molar-refractivity contribution in [2.45, 2.75) is 89.8 Å². The van der Waals surface area contributed by atoms with E-state index in [0.717, 1.165) is 0 Å². The highest BCUT2D eigenvalue weighted by molar-refractivity contribution is 5.87. The van der Waals surface area contributed by atoms with Crippen LogP contribution >= 0.6 is 0 Å². The van der Waals surface area contributed by atoms with Crippen LogP contribution in [-0.2, 0) is 9.53 Å². The Morgan fingerprint density at radius 3 is 0.957 bits per heavy atom. The van der Waals surface area contributed by atoms with Crippen LogP contribution < -0.4 is 0 Å². The van der Waals surface area contributed by atoms with Crippen LogP contribution in [0.5, 0.6) is 0 Å². The zero-order valence-corrected chi connectivity index (χ0v) is 20.7. The van der Waals surface area contributed by atoms with Gasteiger partial charge in [0.05, 0.1) is 0 Å². The molecule has 1 aliphatic rings. The first-order chi connectivity index (χ1) is 19.8. The van der Waals surface area contributed by atoms with Gasteiger partial charge < -0.3 is 4.74 Å². The number of hydrogen-bond acceptors (Lipinski definition) is 2. The zero-order valence-electron chi connectivity index (χ0n) is 20.7. The molecule has 0 aromatic heterocycles. The Balaban J connectivity index is 4.29. The fourth-order valence-electron chi connectivity index (χ4n) is 3.27. The Morgan fingerprint density at radius 2 is 0.681 bits per heavy atom. The van der Waals surface area contributed by atoms with E-state index in [1.807, 2.05) is 0 Å². The minimum Gasteiger partial charge on any atom is -0.393 e. The summed E-state index contributed by atoms with van der Waals surface area (Å²) in [5.74, 6) is -117. The molecule has 0 N–H and O–H groups in total. The summed E-state index contributed by atoms with van der Waals surface area (Å²) >= 11 is 0. The van der Waals surface area contributed by atoms with Crippen LogP contribution in [0.25, 0.3) is 0 Å². The smallest absolute Gasteiger partial charge is 0.393 e. The Hall–Kier alpha value is -2.68. The molecule has 1 saturated carbocycles. The number of alkyl halides is 27. The van der Waals surface area contributed by atoms with E-state index >= 15 is 0 Å². The topological polar surface area (TPSA) is 26.3 Å². The molecular formula is C18H5F27O2. The van der Waals surface area contributed by atoms with Gasteiger partial charge in [-0.25, -0.2) is 9.18 Å². The molecule has 278 valence electrons. The molecule has 1 aliphatic carbocycles. The number of esters is 1. The number of carbonyl (C=O) groups excluding carboxylic acids is 1. The molecule has 47 heavy (non-hydrogen) atoms. The summed E-state index contributed by atoms with van der Waals surface area (Å²) in [7, 11) is 0. The molecule has 0 amide bonds. The molecule has 0 bridgehead atoms. The molecule has 0 aliphatic heterocycles. The van der Waals surface area contributed by atoms with Crippen LogP contribution in [-0.4, -0.2) is 88.8 Å². The van der Waals surface area contributed by atoms with Crippen LogP contribution in [0.3, 0.4) is 0 Å². The second-order valence-corrected chi connectivity index (χ2v) is 9.24. The number of carbonyl (C=O) groups is 1. The minimum absolute atomic E-state index is 0.157. The number of hydrogen-bond donors (Lipinski definition) is 0. The van der Waals surface area contributed by atoms with Crippen LogP contribution in [0, 0.1) is 0 Å². The second-order valence-electron chi connectivity index (χ2n) is 9.24. The van der Waals surface area contributed by atoms with Gasteiger partial charge in [-0.15, -0.1) is 0 Å². The maximum atomic E-state index is 14.7. The van der Waals surface area contributed by atoms with E-state index in [9.17, 15) is 123 Å². The standard InChI is InChI=1S/C18H5F27O2/c1-3(2)4(46)47-18(44,45)17(42,43)16(40,41)15(38,39)14(36,37)11(30,31)8(24,25)5(19)6(20,21)9(26,27)12(32,33)13(34,35)10(28,29)7(5,22)23/h1H2,2H3. The summed E-state index contributed by atoms with van der Waals surface area (Å²) in [5, 5.41) is 0. The molecule has 0 saturated heterocycles. The minimum atomic E-state index is -10.3. The summed E-state index contributed by atoms with van der Waals surface area (Å²) in [4.78, 5) is 10.9. The summed E-state index contributed by atoms with van der Waals surface area (Å²) in [6.45, 7) is 2.46. The van der Waals surface area contributed by atoms with Gasteiger partial charge in [0.15, 0.2) is 0 Å². The summed E-state index contributed by atoms with van der Waals surface area (Å²) < 4.78 is 376. The van der Waals surface area contributed by atoms with Gasteiger partial charge in [0, 0.05) is 5.57 Å². The molecule has 0 aromatic rings. The van der Waals surface area contributed by atoms with Crippen molar-refractivity contribution < 1.29 is 128 Å². The lowest BCUT2D eigenvalue weighted by Gasteiger charge is -2.48. The lowest BCUT2D eigenvalue weighted by molar-refractivity contribution is -0.483. The quantitative estimate of drug-likeness (QED) is 0.101. The molecule has 0 atom stereocenters. The lowest BCUT2D eigenvalue weighted by Crippen LogP contribution is -2.82. The van der Waals surface area contributed by atoms with E-state index in [1.54, 1.807) is 0 Å². The Bertz CT molecular complexity index is 1240. The summed E-state index contributed by atoms with van der Waals surface area (Å²) in [5.41, 5.74) is -11.8. The molecule has 1 fully saturated rings. The molecule has 0 spiro atoms. The molecule has 29 heteroatoms. The highest BCUT2D eigenvalue weighted by Gasteiger charge is 3.08. The van der Waals surface area contributed by atoms with Crippen LogP contribution in [0.2, 0.25) is 0 Å². The lowest BCUT2D eigenvalue weighted by atomic mass is 9.75. The van der Waals surface area contributed by atoms with Crippen molar-refractivity contribution in [1.29, 1.82) is 0 Å². The van der Waals surface area contributed by atoms with Gasteiger partial charge in [-0.1, -0.05) is 6.58 Å². The Morgan fingerprint density at radius 1 is 0.447 bits per heavy atom. The fourth-order valence-corrected chi connectivity index (χ4v) is 3.27. The van der Waals surface area contributed by atoms with Gasteiger partial charge in [0.2, 0.25) is 0 Å². The Kier molecular flexibility index (Phi) is 8.96. The maximum Gasteiger partial charge on any atom is 0.473 e. The van der Waals surface area contributed by atoms with Crippen molar-refractivity contribution in [3.05, 3.63) is 12.2 Å². The Labute approximate surface area is 237 Å². The van der Waals surface area contributed by atoms with Crippen LogP contribution in [0.1, 0.15) is 6.92 Å². The monoisotopic (exact) mass is 766 g/mol. The largest absolute Gasteiger partial charge is 0.473 e. The van der Waals surface area contributed by atoms with Crippen molar-refractivity contribution in [3.63, 3.8) is 0 Å². The second kappa shape index (κ2) is 9.95. The van der Waals surface area contributed by atoms with E-state index in [-0.39, 0.29) is 6.92 Å². The average molecular weight is 766 g/mol. The van der Waals surface area contributed by atoms with Crippen molar-refractivity contribution in [1.82, 2.24) is 0 Å². The van der Waals surface area contributed by atoms with E-state index < -0.39 is 94.4 Å². The van der Waals surface area contributed by atoms with Crippen LogP contribution in [0.15, 0.2) is 12.2 Å². The first kappa shape index (κ1) is 42.3. The van der Waals surface area contributed by atoms with E-state index in [4.69, 9.17) is 0 Å². The maximum absolute atomic E-state index is 14.7. The molecule has 0 heterocycles. The predicted molar refractivity (Wildman–Crippen MR) is 89.1 cm³/mol. The van der Waals surface area contributed by atoms with Crippen LogP contribution in [0.4, 0.5) is 119 Å². The third-order valence-electron chi connectivity index (χ3n) is 6.18. The molecule has 2 nitrogen and oxygen atoms in total. The van der Waals surface area contributed by atoms with Gasteiger partial charge >= 0.3 is 88.8 Å². The van der Waals surface area contributed by atoms with E-state index in [1.165, 1.54) is 0 Å². The van der Waals surface area contributed by atoms with Gasteiger partial charge in [-0.2, -0.15) is 114 Å². The summed E-state index contributed by atoms with van der Waals surface area (Å²) in [6.07, 6.45) is -7.73. The molecule has 1 rings (SSSR count). The van der Waals surface area contributed by atoms with Crippen molar-refractivity contribution in [3.8, 4) is 0 Å².